The number of benzene rings is 4. The molecule has 1 amide bonds. The number of amides is 1. The molecule has 0 bridgehead atoms. The number of carbonyl (C=O) groups is 1. The molecule has 1 aliphatic rings. The van der Waals surface area contributed by atoms with Gasteiger partial charge in [0.2, 0.25) is 0 Å². The van der Waals surface area contributed by atoms with Gasteiger partial charge < -0.3 is 4.90 Å². The second-order valence-electron chi connectivity index (χ2n) is 9.45. The van der Waals surface area contributed by atoms with Crippen LogP contribution in [-0.4, -0.2) is 50.3 Å². The smallest absolute Gasteiger partial charge is 0.261 e. The maximum atomic E-state index is 13.6. The molecule has 0 unspecified atom stereocenters. The SMILES string of the molecule is Cc1c(NS(=O)(=O)c2ccccc2)cccc1C(=O)N1CCN(C(c2ccccc2)c2ccccc2)CC1. The third-order valence-electron chi connectivity index (χ3n) is 7.06. The molecule has 0 saturated carbocycles. The van der Waals surface area contributed by atoms with E-state index >= 15 is 0 Å². The number of nitrogens with one attached hydrogen (secondary N) is 1. The number of rotatable bonds is 7. The van der Waals surface area contributed by atoms with Gasteiger partial charge in [-0.15, -0.1) is 0 Å². The number of anilines is 1. The van der Waals surface area contributed by atoms with Gasteiger partial charge in [-0.25, -0.2) is 8.42 Å². The fourth-order valence-electron chi connectivity index (χ4n) is 5.02. The molecule has 194 valence electrons. The lowest BCUT2D eigenvalue weighted by Gasteiger charge is -2.40. The summed E-state index contributed by atoms with van der Waals surface area (Å²) in [6.07, 6.45) is 0. The second kappa shape index (κ2) is 11.2. The fraction of sp³-hybridized carbons (Fsp3) is 0.194. The average molecular weight is 526 g/mol. The largest absolute Gasteiger partial charge is 0.336 e. The van der Waals surface area contributed by atoms with Crippen molar-refractivity contribution in [2.24, 2.45) is 0 Å². The summed E-state index contributed by atoms with van der Waals surface area (Å²) < 4.78 is 28.4. The van der Waals surface area contributed by atoms with E-state index in [0.29, 0.717) is 29.9 Å². The van der Waals surface area contributed by atoms with Crippen molar-refractivity contribution >= 4 is 21.6 Å². The van der Waals surface area contributed by atoms with Gasteiger partial charge in [-0.3, -0.25) is 14.4 Å². The lowest BCUT2D eigenvalue weighted by molar-refractivity contribution is 0.0596. The first kappa shape index (κ1) is 25.7. The molecule has 38 heavy (non-hydrogen) atoms. The predicted molar refractivity (Wildman–Crippen MR) is 151 cm³/mol. The van der Waals surface area contributed by atoms with Gasteiger partial charge in [-0.2, -0.15) is 0 Å². The Morgan fingerprint density at radius 3 is 1.79 bits per heavy atom. The Kier molecular flexibility index (Phi) is 7.58. The zero-order valence-electron chi connectivity index (χ0n) is 21.3. The summed E-state index contributed by atoms with van der Waals surface area (Å²) in [7, 11) is -3.75. The van der Waals surface area contributed by atoms with E-state index in [0.717, 1.165) is 13.1 Å². The van der Waals surface area contributed by atoms with E-state index in [-0.39, 0.29) is 16.8 Å². The van der Waals surface area contributed by atoms with Crippen LogP contribution in [0.25, 0.3) is 0 Å². The Morgan fingerprint density at radius 2 is 1.24 bits per heavy atom. The Hall–Kier alpha value is -3.94. The quantitative estimate of drug-likeness (QED) is 0.354. The predicted octanol–water partition coefficient (Wildman–Crippen LogP) is 5.34. The molecule has 0 aromatic heterocycles. The molecular weight excluding hydrogens is 494 g/mol. The van der Waals surface area contributed by atoms with E-state index in [9.17, 15) is 13.2 Å². The van der Waals surface area contributed by atoms with Crippen molar-refractivity contribution in [2.45, 2.75) is 17.9 Å². The third-order valence-corrected chi connectivity index (χ3v) is 8.44. The Bertz CT molecular complexity index is 1450. The summed E-state index contributed by atoms with van der Waals surface area (Å²) in [4.78, 5) is 18.0. The highest BCUT2D eigenvalue weighted by atomic mass is 32.2. The average Bonchev–Trinajstić information content (AvgIpc) is 2.96. The topological polar surface area (TPSA) is 69.7 Å². The number of carbonyl (C=O) groups excluding carboxylic acids is 1. The molecule has 5 rings (SSSR count). The highest BCUT2D eigenvalue weighted by Crippen LogP contribution is 2.30. The standard InChI is InChI=1S/C31H31N3O3S/c1-24-28(18-11-19-29(24)32-38(36,37)27-16-9-4-10-17-27)31(35)34-22-20-33(21-23-34)30(25-12-5-2-6-13-25)26-14-7-3-8-15-26/h2-19,30,32H,20-23H2,1H3. The molecule has 7 heteroatoms. The van der Waals surface area contributed by atoms with Crippen molar-refractivity contribution in [3.8, 4) is 0 Å². The van der Waals surface area contributed by atoms with Gasteiger partial charge in [0.25, 0.3) is 15.9 Å². The third kappa shape index (κ3) is 5.49. The van der Waals surface area contributed by atoms with Crippen molar-refractivity contribution in [2.75, 3.05) is 30.9 Å². The molecule has 1 aliphatic heterocycles. The summed E-state index contributed by atoms with van der Waals surface area (Å²) in [5, 5.41) is 0. The number of hydrogen-bond acceptors (Lipinski definition) is 4. The first-order chi connectivity index (χ1) is 18.4. The molecule has 0 radical (unpaired) electrons. The molecule has 4 aromatic carbocycles. The first-order valence-electron chi connectivity index (χ1n) is 12.7. The number of piperazine rings is 1. The van der Waals surface area contributed by atoms with Gasteiger partial charge in [-0.05, 0) is 47.9 Å². The molecular formula is C31H31N3O3S. The van der Waals surface area contributed by atoms with E-state index < -0.39 is 10.0 Å². The molecule has 0 atom stereocenters. The van der Waals surface area contributed by atoms with Gasteiger partial charge in [0.1, 0.15) is 0 Å². The van der Waals surface area contributed by atoms with Gasteiger partial charge in [-0.1, -0.05) is 84.9 Å². The Balaban J connectivity index is 1.32. The summed E-state index contributed by atoms with van der Waals surface area (Å²) in [5.41, 5.74) is 3.99. The lowest BCUT2D eigenvalue weighted by atomic mass is 9.96. The molecule has 1 N–H and O–H groups in total. The summed E-state index contributed by atoms with van der Waals surface area (Å²) >= 11 is 0. The highest BCUT2D eigenvalue weighted by Gasteiger charge is 2.29. The van der Waals surface area contributed by atoms with E-state index in [2.05, 4.69) is 58.2 Å². The maximum Gasteiger partial charge on any atom is 0.261 e. The van der Waals surface area contributed by atoms with Crippen LogP contribution >= 0.6 is 0 Å². The van der Waals surface area contributed by atoms with Crippen molar-refractivity contribution in [1.82, 2.24) is 9.80 Å². The van der Waals surface area contributed by atoms with Gasteiger partial charge in [0.15, 0.2) is 0 Å². The normalized spacial score (nSPS) is 14.4. The van der Waals surface area contributed by atoms with Crippen LogP contribution in [-0.2, 0) is 10.0 Å². The van der Waals surface area contributed by atoms with Crippen LogP contribution in [0.4, 0.5) is 5.69 Å². The molecule has 1 heterocycles. The van der Waals surface area contributed by atoms with Crippen LogP contribution in [0.5, 0.6) is 0 Å². The van der Waals surface area contributed by atoms with Crippen LogP contribution in [0, 0.1) is 6.92 Å². The second-order valence-corrected chi connectivity index (χ2v) is 11.1. The van der Waals surface area contributed by atoms with Crippen molar-refractivity contribution in [3.63, 3.8) is 0 Å². The van der Waals surface area contributed by atoms with E-state index in [4.69, 9.17) is 0 Å². The number of nitrogens with zero attached hydrogens (tertiary/aromatic N) is 2. The maximum absolute atomic E-state index is 13.6. The van der Waals surface area contributed by atoms with Crippen LogP contribution in [0.2, 0.25) is 0 Å². The van der Waals surface area contributed by atoms with Crippen LogP contribution in [0.1, 0.15) is 33.1 Å². The van der Waals surface area contributed by atoms with Gasteiger partial charge in [0, 0.05) is 31.7 Å². The first-order valence-corrected chi connectivity index (χ1v) is 14.2. The van der Waals surface area contributed by atoms with Crippen molar-refractivity contribution in [1.29, 1.82) is 0 Å². The molecule has 4 aromatic rings. The van der Waals surface area contributed by atoms with E-state index in [1.54, 1.807) is 55.5 Å². The Morgan fingerprint density at radius 1 is 0.711 bits per heavy atom. The Labute approximate surface area is 224 Å². The number of hydrogen-bond donors (Lipinski definition) is 1. The van der Waals surface area contributed by atoms with E-state index in [1.165, 1.54) is 11.1 Å². The zero-order chi connectivity index (χ0) is 26.5. The molecule has 1 fully saturated rings. The van der Waals surface area contributed by atoms with Crippen molar-refractivity contribution in [3.05, 3.63) is 131 Å². The minimum Gasteiger partial charge on any atom is -0.336 e. The minimum atomic E-state index is -3.75. The van der Waals surface area contributed by atoms with Crippen LogP contribution < -0.4 is 4.72 Å². The summed E-state index contributed by atoms with van der Waals surface area (Å²) in [6, 6.07) is 34.4. The van der Waals surface area contributed by atoms with Gasteiger partial charge >= 0.3 is 0 Å². The molecule has 0 aliphatic carbocycles. The fourth-order valence-corrected chi connectivity index (χ4v) is 6.16. The minimum absolute atomic E-state index is 0.0844. The molecule has 0 spiro atoms. The zero-order valence-corrected chi connectivity index (χ0v) is 22.1. The molecule has 1 saturated heterocycles. The van der Waals surface area contributed by atoms with Crippen LogP contribution in [0.15, 0.2) is 114 Å². The van der Waals surface area contributed by atoms with Gasteiger partial charge in [0.05, 0.1) is 16.6 Å². The summed E-state index contributed by atoms with van der Waals surface area (Å²) in [5.74, 6) is -0.0844. The molecule has 6 nitrogen and oxygen atoms in total. The van der Waals surface area contributed by atoms with E-state index in [1.807, 2.05) is 17.0 Å². The lowest BCUT2D eigenvalue weighted by Crippen LogP contribution is -2.50. The number of sulfonamides is 1. The monoisotopic (exact) mass is 525 g/mol. The highest BCUT2D eigenvalue weighted by molar-refractivity contribution is 7.92. The van der Waals surface area contributed by atoms with Crippen LogP contribution in [0.3, 0.4) is 0 Å². The summed E-state index contributed by atoms with van der Waals surface area (Å²) in [6.45, 7) is 4.44. The van der Waals surface area contributed by atoms with Crippen molar-refractivity contribution < 1.29 is 13.2 Å².